The Kier molecular flexibility index (Phi) is 7.96. The molecule has 1 aliphatic heterocycles. The number of sulfonamides is 1. The Balaban J connectivity index is 1.45. The van der Waals surface area contributed by atoms with E-state index in [2.05, 4.69) is 41.7 Å². The zero-order chi connectivity index (χ0) is 25.7. The number of piperazine rings is 1. The van der Waals surface area contributed by atoms with E-state index in [4.69, 9.17) is 4.74 Å². The van der Waals surface area contributed by atoms with Gasteiger partial charge >= 0.3 is 0 Å². The van der Waals surface area contributed by atoms with Crippen LogP contribution in [0.15, 0.2) is 71.6 Å². The average molecular weight is 508 g/mol. The van der Waals surface area contributed by atoms with Crippen LogP contribution in [0.1, 0.15) is 27.0 Å². The summed E-state index contributed by atoms with van der Waals surface area (Å²) in [5.41, 5.74) is 5.06. The van der Waals surface area contributed by atoms with E-state index in [1.165, 1.54) is 30.0 Å². The standard InChI is InChI=1S/C28H33N3O4S/c1-21-8-7-11-25(22(21)2)30-16-18-31(19-17-30)28(32)24-12-13-26(35-3)27(20-24)36(33,34)29-15-14-23-9-5-4-6-10-23/h4-13,20,29H,14-19H2,1-3H3. The van der Waals surface area contributed by atoms with E-state index in [1.807, 2.05) is 30.3 Å². The first-order valence-electron chi connectivity index (χ1n) is 12.1. The first kappa shape index (κ1) is 25.7. The van der Waals surface area contributed by atoms with Crippen LogP contribution in [0, 0.1) is 13.8 Å². The fourth-order valence-electron chi connectivity index (χ4n) is 4.48. The van der Waals surface area contributed by atoms with Crippen molar-refractivity contribution >= 4 is 21.6 Å². The number of carbonyl (C=O) groups excluding carboxylic acids is 1. The fraction of sp³-hybridized carbons (Fsp3) is 0.321. The van der Waals surface area contributed by atoms with Crippen molar-refractivity contribution < 1.29 is 17.9 Å². The summed E-state index contributed by atoms with van der Waals surface area (Å²) in [6.45, 7) is 7.04. The largest absolute Gasteiger partial charge is 0.495 e. The number of hydrogen-bond acceptors (Lipinski definition) is 5. The lowest BCUT2D eigenvalue weighted by atomic mass is 10.1. The Hall–Kier alpha value is -3.36. The van der Waals surface area contributed by atoms with Crippen LogP contribution in [-0.2, 0) is 16.4 Å². The van der Waals surface area contributed by atoms with Gasteiger partial charge in [0, 0.05) is 44.0 Å². The quantitative estimate of drug-likeness (QED) is 0.502. The van der Waals surface area contributed by atoms with Gasteiger partial charge in [-0.05, 0) is 61.2 Å². The third-order valence-corrected chi connectivity index (χ3v) is 8.21. The van der Waals surface area contributed by atoms with Gasteiger partial charge in [0.05, 0.1) is 7.11 Å². The number of nitrogens with one attached hydrogen (secondary N) is 1. The highest BCUT2D eigenvalue weighted by molar-refractivity contribution is 7.89. The lowest BCUT2D eigenvalue weighted by Gasteiger charge is -2.37. The topological polar surface area (TPSA) is 79.0 Å². The molecule has 1 amide bonds. The van der Waals surface area contributed by atoms with Crippen LogP contribution < -0.4 is 14.4 Å². The van der Waals surface area contributed by atoms with Gasteiger partial charge in [-0.3, -0.25) is 4.79 Å². The summed E-state index contributed by atoms with van der Waals surface area (Å²) in [4.78, 5) is 17.3. The number of methoxy groups -OCH3 is 1. The van der Waals surface area contributed by atoms with Gasteiger partial charge in [0.25, 0.3) is 5.91 Å². The predicted octanol–water partition coefficient (Wildman–Crippen LogP) is 3.80. The van der Waals surface area contributed by atoms with Crippen LogP contribution in [0.25, 0.3) is 0 Å². The third kappa shape index (κ3) is 5.71. The van der Waals surface area contributed by atoms with Gasteiger partial charge in [0.2, 0.25) is 10.0 Å². The van der Waals surface area contributed by atoms with E-state index in [1.54, 1.807) is 17.0 Å². The summed E-state index contributed by atoms with van der Waals surface area (Å²) < 4.78 is 34.1. The lowest BCUT2D eigenvalue weighted by Crippen LogP contribution is -2.49. The zero-order valence-corrected chi connectivity index (χ0v) is 21.8. The van der Waals surface area contributed by atoms with Crippen molar-refractivity contribution in [3.8, 4) is 5.75 Å². The average Bonchev–Trinajstić information content (AvgIpc) is 2.90. The summed E-state index contributed by atoms with van der Waals surface area (Å²) >= 11 is 0. The second-order valence-corrected chi connectivity index (χ2v) is 10.7. The smallest absolute Gasteiger partial charge is 0.254 e. The molecular formula is C28H33N3O4S. The summed E-state index contributed by atoms with van der Waals surface area (Å²) in [6.07, 6.45) is 0.561. The van der Waals surface area contributed by atoms with Gasteiger partial charge in [-0.2, -0.15) is 0 Å². The lowest BCUT2D eigenvalue weighted by molar-refractivity contribution is 0.0746. The maximum atomic E-state index is 13.3. The minimum Gasteiger partial charge on any atom is -0.495 e. The molecule has 3 aromatic rings. The van der Waals surface area contributed by atoms with Crippen LogP contribution in [0.2, 0.25) is 0 Å². The summed E-state index contributed by atoms with van der Waals surface area (Å²) in [7, 11) is -2.44. The molecule has 1 fully saturated rings. The Morgan fingerprint density at radius 1 is 0.944 bits per heavy atom. The van der Waals surface area contributed by atoms with Gasteiger partial charge < -0.3 is 14.5 Å². The second kappa shape index (κ2) is 11.1. The first-order chi connectivity index (χ1) is 17.3. The highest BCUT2D eigenvalue weighted by Gasteiger charge is 2.26. The normalized spacial score (nSPS) is 14.1. The van der Waals surface area contributed by atoms with Crippen LogP contribution in [0.5, 0.6) is 5.75 Å². The van der Waals surface area contributed by atoms with E-state index in [0.717, 1.165) is 18.7 Å². The molecule has 1 aliphatic rings. The van der Waals surface area contributed by atoms with Gasteiger partial charge in [0.15, 0.2) is 0 Å². The number of amides is 1. The molecule has 3 aromatic carbocycles. The van der Waals surface area contributed by atoms with Crippen molar-refractivity contribution in [3.63, 3.8) is 0 Å². The van der Waals surface area contributed by atoms with Gasteiger partial charge in [-0.25, -0.2) is 13.1 Å². The molecule has 0 aromatic heterocycles. The number of nitrogens with zero attached hydrogens (tertiary/aromatic N) is 2. The van der Waals surface area contributed by atoms with Crippen molar-refractivity contribution in [3.05, 3.63) is 89.0 Å². The Labute approximate surface area is 213 Å². The number of benzene rings is 3. The number of carbonyl (C=O) groups is 1. The van der Waals surface area contributed by atoms with Crippen molar-refractivity contribution in [1.29, 1.82) is 0 Å². The summed E-state index contributed by atoms with van der Waals surface area (Å²) in [5, 5.41) is 0. The molecule has 8 heteroatoms. The van der Waals surface area contributed by atoms with Crippen LogP contribution in [-0.4, -0.2) is 59.1 Å². The molecule has 190 valence electrons. The Morgan fingerprint density at radius 2 is 1.67 bits per heavy atom. The Morgan fingerprint density at radius 3 is 2.36 bits per heavy atom. The minimum absolute atomic E-state index is 0.0297. The minimum atomic E-state index is -3.87. The number of rotatable bonds is 8. The first-order valence-corrected chi connectivity index (χ1v) is 13.6. The van der Waals surface area contributed by atoms with E-state index < -0.39 is 10.0 Å². The van der Waals surface area contributed by atoms with Crippen LogP contribution in [0.3, 0.4) is 0 Å². The summed E-state index contributed by atoms with van der Waals surface area (Å²) in [6, 6.07) is 20.5. The molecule has 0 spiro atoms. The van der Waals surface area contributed by atoms with Gasteiger partial charge in [-0.1, -0.05) is 42.5 Å². The number of hydrogen-bond donors (Lipinski definition) is 1. The van der Waals surface area contributed by atoms with Crippen molar-refractivity contribution in [2.24, 2.45) is 0 Å². The van der Waals surface area contributed by atoms with Crippen molar-refractivity contribution in [1.82, 2.24) is 9.62 Å². The zero-order valence-electron chi connectivity index (χ0n) is 21.0. The second-order valence-electron chi connectivity index (χ2n) is 9.00. The number of ether oxygens (including phenoxy) is 1. The molecule has 1 N–H and O–H groups in total. The molecule has 7 nitrogen and oxygen atoms in total. The molecule has 0 atom stereocenters. The molecule has 0 unspecified atom stereocenters. The predicted molar refractivity (Wildman–Crippen MR) is 142 cm³/mol. The summed E-state index contributed by atoms with van der Waals surface area (Å²) in [5.74, 6) is 0.0255. The van der Waals surface area contributed by atoms with Crippen molar-refractivity contribution in [2.45, 2.75) is 25.2 Å². The van der Waals surface area contributed by atoms with E-state index in [9.17, 15) is 13.2 Å². The maximum absolute atomic E-state index is 13.3. The Bertz CT molecular complexity index is 1320. The van der Waals surface area contributed by atoms with E-state index in [0.29, 0.717) is 25.1 Å². The highest BCUT2D eigenvalue weighted by atomic mass is 32.2. The molecular weight excluding hydrogens is 474 g/mol. The van der Waals surface area contributed by atoms with Crippen LogP contribution in [0.4, 0.5) is 5.69 Å². The maximum Gasteiger partial charge on any atom is 0.254 e. The number of aryl methyl sites for hydroxylation is 1. The van der Waals surface area contributed by atoms with Crippen LogP contribution >= 0.6 is 0 Å². The van der Waals surface area contributed by atoms with E-state index >= 15 is 0 Å². The SMILES string of the molecule is COc1ccc(C(=O)N2CCN(c3cccc(C)c3C)CC2)cc1S(=O)(=O)NCCc1ccccc1. The molecule has 0 saturated carbocycles. The van der Waals surface area contributed by atoms with Gasteiger partial charge in [0.1, 0.15) is 10.6 Å². The third-order valence-electron chi connectivity index (χ3n) is 6.73. The molecule has 0 bridgehead atoms. The molecule has 1 heterocycles. The molecule has 36 heavy (non-hydrogen) atoms. The number of anilines is 1. The van der Waals surface area contributed by atoms with Crippen molar-refractivity contribution in [2.75, 3.05) is 44.7 Å². The highest BCUT2D eigenvalue weighted by Crippen LogP contribution is 2.27. The molecule has 0 aliphatic carbocycles. The monoisotopic (exact) mass is 507 g/mol. The molecule has 0 radical (unpaired) electrons. The van der Waals surface area contributed by atoms with E-state index in [-0.39, 0.29) is 23.1 Å². The molecule has 4 rings (SSSR count). The fourth-order valence-corrected chi connectivity index (χ4v) is 5.71. The molecule has 1 saturated heterocycles. The van der Waals surface area contributed by atoms with Gasteiger partial charge in [-0.15, -0.1) is 0 Å².